The molecular weight excluding hydrogens is 414 g/mol. The van der Waals surface area contributed by atoms with Crippen molar-refractivity contribution < 1.29 is 14.3 Å². The van der Waals surface area contributed by atoms with Gasteiger partial charge < -0.3 is 4.74 Å². The van der Waals surface area contributed by atoms with Crippen molar-refractivity contribution in [3.63, 3.8) is 0 Å². The summed E-state index contributed by atoms with van der Waals surface area (Å²) in [4.78, 5) is 32.6. The van der Waals surface area contributed by atoms with Crippen LogP contribution in [0.2, 0.25) is 0 Å². The van der Waals surface area contributed by atoms with E-state index in [0.29, 0.717) is 17.2 Å². The molecule has 0 bridgehead atoms. The largest absolute Gasteiger partial charge is 0.452 e. The lowest BCUT2D eigenvalue weighted by atomic mass is 10.1. The van der Waals surface area contributed by atoms with Crippen molar-refractivity contribution in [3.8, 4) is 11.3 Å². The minimum absolute atomic E-state index is 0.367. The van der Waals surface area contributed by atoms with E-state index >= 15 is 0 Å². The van der Waals surface area contributed by atoms with Crippen molar-refractivity contribution in [2.24, 2.45) is 0 Å². The summed E-state index contributed by atoms with van der Waals surface area (Å²) < 4.78 is 6.79. The van der Waals surface area contributed by atoms with Crippen LogP contribution in [0.25, 0.3) is 11.3 Å². The molecule has 4 rings (SSSR count). The Kier molecular flexibility index (Phi) is 6.13. The van der Waals surface area contributed by atoms with Gasteiger partial charge >= 0.3 is 5.97 Å². The van der Waals surface area contributed by atoms with Gasteiger partial charge in [0.05, 0.1) is 17.8 Å². The van der Waals surface area contributed by atoms with Crippen molar-refractivity contribution >= 4 is 28.3 Å². The average Bonchev–Trinajstić information content (AvgIpc) is 3.45. The molecular formula is C22H19N5O3S. The number of carbonyl (C=O) groups is 2. The number of esters is 1. The van der Waals surface area contributed by atoms with Crippen LogP contribution >= 0.6 is 11.3 Å². The lowest BCUT2D eigenvalue weighted by Crippen LogP contribution is -2.20. The van der Waals surface area contributed by atoms with Gasteiger partial charge in [-0.3, -0.25) is 10.1 Å². The van der Waals surface area contributed by atoms with Crippen LogP contribution in [0.5, 0.6) is 0 Å². The van der Waals surface area contributed by atoms with Gasteiger partial charge in [-0.15, -0.1) is 11.3 Å². The number of aryl methyl sites for hydroxylation is 1. The molecule has 156 valence electrons. The van der Waals surface area contributed by atoms with Gasteiger partial charge in [0.25, 0.3) is 5.91 Å². The Labute approximate surface area is 182 Å². The molecule has 0 aliphatic heterocycles. The Bertz CT molecular complexity index is 1170. The van der Waals surface area contributed by atoms with Gasteiger partial charge in [0.1, 0.15) is 12.7 Å². The van der Waals surface area contributed by atoms with Crippen molar-refractivity contribution in [1.82, 2.24) is 19.7 Å². The fourth-order valence-electron chi connectivity index (χ4n) is 2.81. The van der Waals surface area contributed by atoms with E-state index in [1.807, 2.05) is 36.6 Å². The zero-order valence-electron chi connectivity index (χ0n) is 16.7. The van der Waals surface area contributed by atoms with Gasteiger partial charge in [0.15, 0.2) is 11.7 Å². The molecule has 31 heavy (non-hydrogen) atoms. The van der Waals surface area contributed by atoms with Gasteiger partial charge in [-0.2, -0.15) is 5.10 Å². The number of benzene rings is 2. The van der Waals surface area contributed by atoms with Crippen molar-refractivity contribution in [2.75, 3.05) is 11.9 Å². The van der Waals surface area contributed by atoms with Crippen molar-refractivity contribution in [2.45, 2.75) is 13.5 Å². The second-order valence-electron chi connectivity index (χ2n) is 6.82. The lowest BCUT2D eigenvalue weighted by Gasteiger charge is -2.06. The number of aromatic nitrogens is 4. The first-order valence-electron chi connectivity index (χ1n) is 9.48. The first-order valence-corrected chi connectivity index (χ1v) is 10.4. The molecule has 0 unspecified atom stereocenters. The Morgan fingerprint density at radius 2 is 1.87 bits per heavy atom. The van der Waals surface area contributed by atoms with Crippen molar-refractivity contribution in [1.29, 1.82) is 0 Å². The maximum Gasteiger partial charge on any atom is 0.338 e. The van der Waals surface area contributed by atoms with E-state index in [9.17, 15) is 9.59 Å². The van der Waals surface area contributed by atoms with Gasteiger partial charge in [0, 0.05) is 10.9 Å². The molecule has 0 aliphatic carbocycles. The summed E-state index contributed by atoms with van der Waals surface area (Å²) in [5, 5.41) is 9.02. The third-order valence-corrected chi connectivity index (χ3v) is 5.19. The van der Waals surface area contributed by atoms with Crippen LogP contribution in [-0.4, -0.2) is 38.2 Å². The summed E-state index contributed by atoms with van der Waals surface area (Å²) in [6.45, 7) is 2.18. The number of hydrogen-bond acceptors (Lipinski definition) is 7. The highest BCUT2D eigenvalue weighted by Crippen LogP contribution is 2.25. The Morgan fingerprint density at radius 1 is 1.10 bits per heavy atom. The van der Waals surface area contributed by atoms with E-state index in [2.05, 4.69) is 20.4 Å². The Hall–Kier alpha value is -3.85. The van der Waals surface area contributed by atoms with Gasteiger partial charge in [0.2, 0.25) is 0 Å². The maximum absolute atomic E-state index is 12.2. The highest BCUT2D eigenvalue weighted by atomic mass is 32.1. The third kappa shape index (κ3) is 5.40. The van der Waals surface area contributed by atoms with Gasteiger partial charge in [-0.1, -0.05) is 42.0 Å². The highest BCUT2D eigenvalue weighted by Gasteiger charge is 2.12. The topological polar surface area (TPSA) is 99.0 Å². The van der Waals surface area contributed by atoms with Crippen LogP contribution in [0.3, 0.4) is 0 Å². The van der Waals surface area contributed by atoms with Crippen molar-refractivity contribution in [3.05, 3.63) is 83.3 Å². The van der Waals surface area contributed by atoms with E-state index in [4.69, 9.17) is 4.74 Å². The highest BCUT2D eigenvalue weighted by molar-refractivity contribution is 7.14. The fraction of sp³-hybridized carbons (Fsp3) is 0.136. The maximum atomic E-state index is 12.2. The Balaban J connectivity index is 1.27. The van der Waals surface area contributed by atoms with Crippen LogP contribution in [0, 0.1) is 6.92 Å². The molecule has 0 radical (unpaired) electrons. The van der Waals surface area contributed by atoms with E-state index in [0.717, 1.165) is 16.8 Å². The molecule has 2 aromatic heterocycles. The fourth-order valence-corrected chi connectivity index (χ4v) is 3.54. The number of anilines is 1. The quantitative estimate of drug-likeness (QED) is 0.448. The molecule has 1 amide bonds. The molecule has 0 saturated heterocycles. The number of amides is 1. The predicted molar refractivity (Wildman–Crippen MR) is 117 cm³/mol. The molecule has 0 aliphatic rings. The monoisotopic (exact) mass is 433 g/mol. The van der Waals surface area contributed by atoms with Gasteiger partial charge in [-0.05, 0) is 24.6 Å². The molecule has 0 atom stereocenters. The second kappa shape index (κ2) is 9.31. The van der Waals surface area contributed by atoms with Crippen LogP contribution in [-0.2, 0) is 16.1 Å². The van der Waals surface area contributed by atoms with Gasteiger partial charge in [-0.25, -0.2) is 19.4 Å². The summed E-state index contributed by atoms with van der Waals surface area (Å²) in [6, 6.07) is 14.9. The predicted octanol–water partition coefficient (Wildman–Crippen LogP) is 3.55. The van der Waals surface area contributed by atoms with Crippen LogP contribution in [0.4, 0.5) is 5.13 Å². The number of nitrogens with one attached hydrogen (secondary N) is 1. The average molecular weight is 433 g/mol. The smallest absolute Gasteiger partial charge is 0.338 e. The SMILES string of the molecule is Cc1ccc(-c2csc(NC(=O)COC(=O)c3ccc(Cn4cncn4)cc3)n2)cc1. The molecule has 1 N–H and O–H groups in total. The number of carbonyl (C=O) groups excluding carboxylic acids is 2. The zero-order valence-corrected chi connectivity index (χ0v) is 17.5. The molecule has 2 aromatic carbocycles. The summed E-state index contributed by atoms with van der Waals surface area (Å²) in [7, 11) is 0. The molecule has 0 saturated carbocycles. The second-order valence-corrected chi connectivity index (χ2v) is 7.68. The van der Waals surface area contributed by atoms with E-state index in [1.54, 1.807) is 35.3 Å². The van der Waals surface area contributed by atoms with Crippen LogP contribution in [0.1, 0.15) is 21.5 Å². The third-order valence-electron chi connectivity index (χ3n) is 4.43. The molecule has 4 aromatic rings. The number of thiazole rings is 1. The van der Waals surface area contributed by atoms with E-state index < -0.39 is 11.9 Å². The zero-order chi connectivity index (χ0) is 21.6. The number of rotatable bonds is 7. The molecule has 0 fully saturated rings. The first-order chi connectivity index (χ1) is 15.1. The minimum atomic E-state index is -0.568. The summed E-state index contributed by atoms with van der Waals surface area (Å²) in [5.41, 5.74) is 4.25. The number of ether oxygens (including phenoxy) is 1. The van der Waals surface area contributed by atoms with Crippen LogP contribution in [0.15, 0.2) is 66.6 Å². The molecule has 2 heterocycles. The first kappa shape index (κ1) is 20.4. The normalized spacial score (nSPS) is 10.6. The van der Waals surface area contributed by atoms with E-state index in [-0.39, 0.29) is 6.61 Å². The Morgan fingerprint density at radius 3 is 2.58 bits per heavy atom. The molecule has 8 nitrogen and oxygen atoms in total. The number of hydrogen-bond donors (Lipinski definition) is 1. The molecule has 0 spiro atoms. The van der Waals surface area contributed by atoms with Crippen LogP contribution < -0.4 is 5.32 Å². The lowest BCUT2D eigenvalue weighted by molar-refractivity contribution is -0.119. The summed E-state index contributed by atoms with van der Waals surface area (Å²) >= 11 is 1.32. The number of nitrogens with zero attached hydrogens (tertiary/aromatic N) is 4. The summed E-state index contributed by atoms with van der Waals surface area (Å²) in [5.74, 6) is -1.01. The van der Waals surface area contributed by atoms with E-state index in [1.165, 1.54) is 23.2 Å². The molecule has 9 heteroatoms. The minimum Gasteiger partial charge on any atom is -0.452 e. The standard InChI is InChI=1S/C22H19N5O3S/c1-15-2-6-17(7-3-15)19-12-31-22(25-19)26-20(28)11-30-21(29)18-8-4-16(5-9-18)10-27-14-23-13-24-27/h2-9,12-14H,10-11H2,1H3,(H,25,26,28). The summed E-state index contributed by atoms with van der Waals surface area (Å²) in [6.07, 6.45) is 3.08.